The fourth-order valence-electron chi connectivity index (χ4n) is 2.17. The van der Waals surface area contributed by atoms with Gasteiger partial charge in [0.1, 0.15) is 22.8 Å². The number of aliphatic carboxylic acids is 1. The number of nitrogens with zero attached hydrogens (tertiary/aromatic N) is 2. The molecule has 124 valence electrons. The summed E-state index contributed by atoms with van der Waals surface area (Å²) >= 11 is 6.57. The van der Waals surface area contributed by atoms with Crippen LogP contribution in [-0.4, -0.2) is 56.5 Å². The molecule has 0 spiro atoms. The van der Waals surface area contributed by atoms with Crippen molar-refractivity contribution in [3.05, 3.63) is 23.9 Å². The van der Waals surface area contributed by atoms with E-state index in [-0.39, 0.29) is 23.1 Å². The van der Waals surface area contributed by atoms with Crippen LogP contribution in [-0.2, 0) is 19.1 Å². The fraction of sp³-hybridized carbons (Fsp3) is 0.385. The van der Waals surface area contributed by atoms with Gasteiger partial charge in [0.15, 0.2) is 0 Å². The van der Waals surface area contributed by atoms with E-state index in [9.17, 15) is 23.9 Å². The minimum Gasteiger partial charge on any atom is -0.477 e. The highest BCUT2D eigenvalue weighted by atomic mass is 35.5. The van der Waals surface area contributed by atoms with Gasteiger partial charge in [-0.15, -0.1) is 11.8 Å². The molecular weight excluding hydrogens is 351 g/mol. The summed E-state index contributed by atoms with van der Waals surface area (Å²) in [5.74, 6) is -5.69. The zero-order valence-electron chi connectivity index (χ0n) is 11.9. The number of hydrogen-bond donors (Lipinski definition) is 1. The van der Waals surface area contributed by atoms with Gasteiger partial charge < -0.3 is 9.84 Å². The quantitative estimate of drug-likeness (QED) is 0.342. The number of ether oxygens (including phenoxy) is 1. The topological polar surface area (TPSA) is 96.3 Å². The number of alkyl halides is 1. The second kappa shape index (κ2) is 6.32. The number of allylic oxidation sites excluding steroid dienone is 1. The number of carboxylic acid groups (broad SMARTS) is 1. The highest BCUT2D eigenvalue weighted by Crippen LogP contribution is 2.49. The second-order valence-corrected chi connectivity index (χ2v) is 6.14. The second-order valence-electron chi connectivity index (χ2n) is 4.69. The van der Waals surface area contributed by atoms with E-state index >= 15 is 0 Å². The molecule has 7 nitrogen and oxygen atoms in total. The Morgan fingerprint density at radius 1 is 1.70 bits per heavy atom. The molecule has 1 N–H and O–H groups in total. The summed E-state index contributed by atoms with van der Waals surface area (Å²) in [4.78, 5) is 38.7. The first kappa shape index (κ1) is 17.5. The van der Waals surface area contributed by atoms with Crippen molar-refractivity contribution in [2.24, 2.45) is 4.99 Å². The maximum Gasteiger partial charge on any atom is 0.352 e. The van der Waals surface area contributed by atoms with Crippen molar-refractivity contribution in [2.45, 2.75) is 18.1 Å². The van der Waals surface area contributed by atoms with Gasteiger partial charge in [0.2, 0.25) is 0 Å². The number of carbonyl (C=O) groups excluding carboxylic acids is 2. The molecule has 0 aromatic rings. The van der Waals surface area contributed by atoms with Crippen LogP contribution in [0.5, 0.6) is 0 Å². The van der Waals surface area contributed by atoms with Gasteiger partial charge in [-0.05, 0) is 6.08 Å². The molecule has 1 unspecified atom stereocenters. The lowest BCUT2D eigenvalue weighted by Gasteiger charge is -2.50. The zero-order chi connectivity index (χ0) is 17.4. The first-order chi connectivity index (χ1) is 10.7. The average molecular weight is 363 g/mol. The van der Waals surface area contributed by atoms with Crippen LogP contribution >= 0.6 is 23.4 Å². The normalized spacial score (nSPS) is 27.3. The number of halogens is 2. The summed E-state index contributed by atoms with van der Waals surface area (Å²) in [5, 5.41) is 7.88. The third-order valence-corrected chi connectivity index (χ3v) is 4.75. The van der Waals surface area contributed by atoms with Crippen molar-refractivity contribution in [2.75, 3.05) is 12.4 Å². The van der Waals surface area contributed by atoms with Crippen LogP contribution in [0.15, 0.2) is 28.9 Å². The molecule has 2 atom stereocenters. The van der Waals surface area contributed by atoms with Crippen LogP contribution in [0.3, 0.4) is 0 Å². The Morgan fingerprint density at radius 3 is 2.87 bits per heavy atom. The summed E-state index contributed by atoms with van der Waals surface area (Å²) in [6.45, 7) is 4.21. The highest BCUT2D eigenvalue weighted by molar-refractivity contribution is 8.00. The van der Waals surface area contributed by atoms with E-state index in [4.69, 9.17) is 16.3 Å². The lowest BCUT2D eigenvalue weighted by Crippen LogP contribution is -2.70. The Labute approximate surface area is 139 Å². The van der Waals surface area contributed by atoms with Crippen molar-refractivity contribution in [3.8, 4) is 0 Å². The molecule has 0 radical (unpaired) electrons. The van der Waals surface area contributed by atoms with Crippen molar-refractivity contribution in [1.29, 1.82) is 0 Å². The van der Waals surface area contributed by atoms with Gasteiger partial charge in [0.25, 0.3) is 5.91 Å². The van der Waals surface area contributed by atoms with E-state index in [1.165, 1.54) is 6.92 Å². The van der Waals surface area contributed by atoms with E-state index in [1.807, 2.05) is 0 Å². The van der Waals surface area contributed by atoms with Crippen molar-refractivity contribution < 1.29 is 28.6 Å². The highest BCUT2D eigenvalue weighted by Gasteiger charge is 2.66. The number of carboxylic acids is 1. The fourth-order valence-corrected chi connectivity index (χ4v) is 3.59. The molecule has 2 rings (SSSR count). The van der Waals surface area contributed by atoms with Gasteiger partial charge in [-0.3, -0.25) is 14.5 Å². The number of esters is 1. The van der Waals surface area contributed by atoms with Gasteiger partial charge in [-0.25, -0.2) is 14.2 Å². The number of rotatable bonds is 5. The predicted octanol–water partition coefficient (Wildman–Crippen LogP) is 1.29. The minimum atomic E-state index is -2.64. The molecule has 0 bridgehead atoms. The van der Waals surface area contributed by atoms with Gasteiger partial charge in [0, 0.05) is 18.2 Å². The molecule has 10 heteroatoms. The molecular formula is C13H12ClFN2O5S. The summed E-state index contributed by atoms with van der Waals surface area (Å²) < 4.78 is 19.5. The molecule has 0 aromatic heterocycles. The van der Waals surface area contributed by atoms with Crippen LogP contribution in [0.25, 0.3) is 0 Å². The largest absolute Gasteiger partial charge is 0.477 e. The number of aliphatic imine (C=N–C) groups is 1. The third kappa shape index (κ3) is 2.98. The van der Waals surface area contributed by atoms with E-state index < -0.39 is 34.7 Å². The van der Waals surface area contributed by atoms with E-state index in [1.54, 1.807) is 0 Å². The van der Waals surface area contributed by atoms with Crippen LogP contribution < -0.4 is 0 Å². The summed E-state index contributed by atoms with van der Waals surface area (Å²) in [7, 11) is 0. The van der Waals surface area contributed by atoms with E-state index in [2.05, 4.69) is 11.6 Å². The minimum absolute atomic E-state index is 0.0796. The number of hydrogen-bond acceptors (Lipinski definition) is 6. The Morgan fingerprint density at radius 2 is 2.35 bits per heavy atom. The molecule has 1 fully saturated rings. The van der Waals surface area contributed by atoms with Crippen LogP contribution in [0.2, 0.25) is 0 Å². The van der Waals surface area contributed by atoms with E-state index in [0.29, 0.717) is 0 Å². The average Bonchev–Trinajstić information content (AvgIpc) is 2.50. The molecule has 2 heterocycles. The van der Waals surface area contributed by atoms with E-state index in [0.717, 1.165) is 22.7 Å². The zero-order valence-corrected chi connectivity index (χ0v) is 13.5. The summed E-state index contributed by atoms with van der Waals surface area (Å²) in [5.41, 5.74) is -0.179. The monoisotopic (exact) mass is 362 g/mol. The van der Waals surface area contributed by atoms with Crippen molar-refractivity contribution in [3.63, 3.8) is 0 Å². The Bertz CT molecular complexity index is 665. The van der Waals surface area contributed by atoms with Crippen LogP contribution in [0.1, 0.15) is 6.92 Å². The Balaban J connectivity index is 2.35. The number of fused-ring (bicyclic) bond motifs is 1. The first-order valence-corrected chi connectivity index (χ1v) is 7.75. The maximum atomic E-state index is 14.7. The molecule has 0 aliphatic carbocycles. The van der Waals surface area contributed by atoms with Gasteiger partial charge in [0.05, 0.1) is 0 Å². The van der Waals surface area contributed by atoms with Gasteiger partial charge in [-0.2, -0.15) is 0 Å². The van der Waals surface area contributed by atoms with Gasteiger partial charge >= 0.3 is 17.7 Å². The molecule has 1 saturated heterocycles. The lowest BCUT2D eigenvalue weighted by atomic mass is 10.0. The van der Waals surface area contributed by atoms with Crippen molar-refractivity contribution >= 4 is 46.4 Å². The number of amides is 1. The van der Waals surface area contributed by atoms with Crippen molar-refractivity contribution in [1.82, 2.24) is 4.90 Å². The number of β-lactam (4-membered cyclic amide) rings is 1. The molecule has 23 heavy (non-hydrogen) atoms. The molecule has 0 aromatic carbocycles. The molecule has 2 aliphatic rings. The third-order valence-electron chi connectivity index (χ3n) is 3.16. The van der Waals surface area contributed by atoms with Gasteiger partial charge in [-0.1, -0.05) is 18.2 Å². The summed E-state index contributed by atoms with van der Waals surface area (Å²) in [6.07, 6.45) is 1.08. The number of carbonyl (C=O) groups is 3. The standard InChI is InChI=1S/C13H12ClFN2O5S/c1-3-8(14)16-13(15)11(21)17-9(10(19)20)7(4-22-6(2)18)5-23-12(13)17/h3,12H,1,4-5H2,2H3,(H,19,20)/t12-,13?/m1/s1. The Kier molecular flexibility index (Phi) is 4.81. The van der Waals surface area contributed by atoms with Crippen LogP contribution in [0, 0.1) is 0 Å². The predicted molar refractivity (Wildman–Crippen MR) is 81.7 cm³/mol. The molecule has 2 aliphatic heterocycles. The first-order valence-electron chi connectivity index (χ1n) is 6.33. The Hall–Kier alpha value is -1.87. The maximum absolute atomic E-state index is 14.7. The van der Waals surface area contributed by atoms with Crippen LogP contribution in [0.4, 0.5) is 4.39 Å². The lowest BCUT2D eigenvalue weighted by molar-refractivity contribution is -0.165. The smallest absolute Gasteiger partial charge is 0.352 e. The molecule has 1 amide bonds. The number of thioether (sulfide) groups is 1. The molecule has 0 saturated carbocycles. The SMILES string of the molecule is C=CC(Cl)=NC1(F)C(=O)N2C(C(=O)O)=C(COC(C)=O)CS[C@@H]21. The summed E-state index contributed by atoms with van der Waals surface area (Å²) in [6, 6.07) is 0.